The quantitative estimate of drug-likeness (QED) is 0.705. The Labute approximate surface area is 154 Å². The van der Waals surface area contributed by atoms with Crippen LogP contribution in [0.5, 0.6) is 5.88 Å². The van der Waals surface area contributed by atoms with Crippen LogP contribution in [0.2, 0.25) is 0 Å². The van der Waals surface area contributed by atoms with Crippen LogP contribution in [0.1, 0.15) is 5.56 Å². The maximum Gasteiger partial charge on any atom is 0.331 e. The number of methoxy groups -OCH3 is 1. The molecule has 138 valence electrons. The predicted octanol–water partition coefficient (Wildman–Crippen LogP) is 1.10. The molecule has 1 N–H and O–H groups in total. The van der Waals surface area contributed by atoms with E-state index in [1.54, 1.807) is 12.1 Å². The zero-order chi connectivity index (χ0) is 19.2. The third-order valence-corrected chi connectivity index (χ3v) is 3.87. The summed E-state index contributed by atoms with van der Waals surface area (Å²) in [5.41, 5.74) is 0.273. The van der Waals surface area contributed by atoms with E-state index in [1.807, 2.05) is 30.3 Å². The molecule has 0 aliphatic rings. The zero-order valence-corrected chi connectivity index (χ0v) is 14.7. The third kappa shape index (κ3) is 4.49. The Bertz CT molecular complexity index is 1040. The number of rotatable bonds is 6. The summed E-state index contributed by atoms with van der Waals surface area (Å²) in [5, 5.41) is 2.60. The number of hydrogen-bond donors (Lipinski definition) is 1. The SMILES string of the molecule is COc1ccc(NC(=O)Cn2c(=O)ccn(Cc3ccccc3)c2=O)cn1. The lowest BCUT2D eigenvalue weighted by molar-refractivity contribution is -0.116. The van der Waals surface area contributed by atoms with Gasteiger partial charge in [-0.3, -0.25) is 18.7 Å². The zero-order valence-electron chi connectivity index (χ0n) is 14.7. The molecule has 0 saturated carbocycles. The summed E-state index contributed by atoms with van der Waals surface area (Å²) in [6.07, 6.45) is 2.86. The Morgan fingerprint density at radius 3 is 2.56 bits per heavy atom. The number of anilines is 1. The van der Waals surface area contributed by atoms with E-state index >= 15 is 0 Å². The van der Waals surface area contributed by atoms with Gasteiger partial charge >= 0.3 is 5.69 Å². The van der Waals surface area contributed by atoms with Crippen LogP contribution < -0.4 is 21.3 Å². The molecule has 1 aromatic carbocycles. The van der Waals surface area contributed by atoms with E-state index in [9.17, 15) is 14.4 Å². The number of ether oxygens (including phenoxy) is 1. The Kier molecular flexibility index (Phi) is 5.46. The Morgan fingerprint density at radius 1 is 1.11 bits per heavy atom. The normalized spacial score (nSPS) is 10.4. The molecule has 1 amide bonds. The maximum absolute atomic E-state index is 12.6. The van der Waals surface area contributed by atoms with Crippen LogP contribution in [-0.2, 0) is 17.9 Å². The van der Waals surface area contributed by atoms with Crippen molar-refractivity contribution >= 4 is 11.6 Å². The molecule has 27 heavy (non-hydrogen) atoms. The van der Waals surface area contributed by atoms with Gasteiger partial charge in [0.1, 0.15) is 6.54 Å². The average molecular weight is 366 g/mol. The average Bonchev–Trinajstić information content (AvgIpc) is 2.69. The van der Waals surface area contributed by atoms with Crippen LogP contribution in [0.3, 0.4) is 0 Å². The first-order valence-electron chi connectivity index (χ1n) is 8.21. The highest BCUT2D eigenvalue weighted by Gasteiger charge is 2.11. The fourth-order valence-electron chi connectivity index (χ4n) is 2.52. The van der Waals surface area contributed by atoms with Crippen LogP contribution in [0.4, 0.5) is 5.69 Å². The van der Waals surface area contributed by atoms with Crippen LogP contribution in [0.15, 0.2) is 70.5 Å². The van der Waals surface area contributed by atoms with Crippen LogP contribution in [0.25, 0.3) is 0 Å². The van der Waals surface area contributed by atoms with E-state index in [0.29, 0.717) is 18.1 Å². The number of benzene rings is 1. The van der Waals surface area contributed by atoms with Gasteiger partial charge in [0.2, 0.25) is 11.8 Å². The second kappa shape index (κ2) is 8.13. The molecule has 0 spiro atoms. The van der Waals surface area contributed by atoms with E-state index in [1.165, 1.54) is 30.1 Å². The molecule has 3 rings (SSSR count). The number of nitrogens with zero attached hydrogens (tertiary/aromatic N) is 3. The summed E-state index contributed by atoms with van der Waals surface area (Å²) in [6, 6.07) is 13.9. The van der Waals surface area contributed by atoms with Crippen molar-refractivity contribution in [3.8, 4) is 5.88 Å². The number of amides is 1. The topological polar surface area (TPSA) is 95.2 Å². The Morgan fingerprint density at radius 2 is 1.89 bits per heavy atom. The number of pyridine rings is 1. The van der Waals surface area contributed by atoms with Gasteiger partial charge in [-0.25, -0.2) is 9.78 Å². The second-order valence-corrected chi connectivity index (χ2v) is 5.77. The van der Waals surface area contributed by atoms with Crippen molar-refractivity contribution in [3.05, 3.63) is 87.3 Å². The summed E-state index contributed by atoms with van der Waals surface area (Å²) in [4.78, 5) is 40.9. The highest BCUT2D eigenvalue weighted by Crippen LogP contribution is 2.10. The molecule has 0 radical (unpaired) electrons. The van der Waals surface area contributed by atoms with Gasteiger partial charge in [-0.05, 0) is 11.6 Å². The summed E-state index contributed by atoms with van der Waals surface area (Å²) in [7, 11) is 1.49. The molecule has 0 aliphatic carbocycles. The van der Waals surface area contributed by atoms with E-state index in [-0.39, 0.29) is 6.54 Å². The van der Waals surface area contributed by atoms with Crippen molar-refractivity contribution in [2.75, 3.05) is 12.4 Å². The monoisotopic (exact) mass is 366 g/mol. The number of aromatic nitrogens is 3. The molecule has 0 bridgehead atoms. The standard InChI is InChI=1S/C19H18N4O4/c1-27-17-8-7-15(11-20-17)21-16(24)13-23-18(25)9-10-22(19(23)26)12-14-5-3-2-4-6-14/h2-11H,12-13H2,1H3,(H,21,24). The van der Waals surface area contributed by atoms with Gasteiger partial charge < -0.3 is 10.1 Å². The lowest BCUT2D eigenvalue weighted by atomic mass is 10.2. The smallest absolute Gasteiger partial charge is 0.331 e. The largest absolute Gasteiger partial charge is 0.481 e. The second-order valence-electron chi connectivity index (χ2n) is 5.77. The summed E-state index contributed by atoms with van der Waals surface area (Å²) in [6.45, 7) is -0.0801. The van der Waals surface area contributed by atoms with Gasteiger partial charge in [0.05, 0.1) is 25.5 Å². The molecule has 0 unspecified atom stereocenters. The van der Waals surface area contributed by atoms with Crippen molar-refractivity contribution in [1.29, 1.82) is 0 Å². The van der Waals surface area contributed by atoms with Gasteiger partial charge in [-0.15, -0.1) is 0 Å². The summed E-state index contributed by atoms with van der Waals surface area (Å²) >= 11 is 0. The van der Waals surface area contributed by atoms with E-state index in [2.05, 4.69) is 10.3 Å². The highest BCUT2D eigenvalue weighted by atomic mass is 16.5. The first-order chi connectivity index (χ1) is 13.1. The van der Waals surface area contributed by atoms with Crippen LogP contribution in [0, 0.1) is 0 Å². The van der Waals surface area contributed by atoms with Crippen molar-refractivity contribution < 1.29 is 9.53 Å². The minimum atomic E-state index is -0.547. The van der Waals surface area contributed by atoms with Crippen molar-refractivity contribution in [2.45, 2.75) is 13.1 Å². The van der Waals surface area contributed by atoms with Gasteiger partial charge in [0, 0.05) is 18.3 Å². The van der Waals surface area contributed by atoms with Gasteiger partial charge in [-0.1, -0.05) is 30.3 Å². The number of carbonyl (C=O) groups excluding carboxylic acids is 1. The molecule has 8 nitrogen and oxygen atoms in total. The summed E-state index contributed by atoms with van der Waals surface area (Å²) < 4.78 is 7.24. The Balaban J connectivity index is 1.77. The van der Waals surface area contributed by atoms with E-state index in [0.717, 1.165) is 10.1 Å². The number of carbonyl (C=O) groups is 1. The molecule has 8 heteroatoms. The molecule has 0 aliphatic heterocycles. The number of nitrogens with one attached hydrogen (secondary N) is 1. The van der Waals surface area contributed by atoms with Crippen LogP contribution >= 0.6 is 0 Å². The van der Waals surface area contributed by atoms with Gasteiger partial charge in [0.15, 0.2) is 0 Å². The van der Waals surface area contributed by atoms with Crippen molar-refractivity contribution in [3.63, 3.8) is 0 Å². The van der Waals surface area contributed by atoms with Crippen LogP contribution in [-0.4, -0.2) is 27.1 Å². The highest BCUT2D eigenvalue weighted by molar-refractivity contribution is 5.90. The molecular weight excluding hydrogens is 348 g/mol. The minimum absolute atomic E-state index is 0.309. The predicted molar refractivity (Wildman–Crippen MR) is 99.9 cm³/mol. The Hall–Kier alpha value is -3.68. The lowest BCUT2D eigenvalue weighted by Crippen LogP contribution is -2.41. The van der Waals surface area contributed by atoms with Gasteiger partial charge in [-0.2, -0.15) is 0 Å². The molecule has 2 aromatic heterocycles. The molecule has 0 fully saturated rings. The van der Waals surface area contributed by atoms with E-state index in [4.69, 9.17) is 4.74 Å². The maximum atomic E-state index is 12.6. The molecular formula is C19H18N4O4. The van der Waals surface area contributed by atoms with Gasteiger partial charge in [0.25, 0.3) is 5.56 Å². The third-order valence-electron chi connectivity index (χ3n) is 3.87. The minimum Gasteiger partial charge on any atom is -0.481 e. The molecule has 0 atom stereocenters. The molecule has 0 saturated heterocycles. The first-order valence-corrected chi connectivity index (χ1v) is 8.21. The van der Waals surface area contributed by atoms with E-state index < -0.39 is 17.2 Å². The van der Waals surface area contributed by atoms with Crippen molar-refractivity contribution in [2.24, 2.45) is 0 Å². The fourth-order valence-corrected chi connectivity index (χ4v) is 2.52. The summed E-state index contributed by atoms with van der Waals surface area (Å²) in [5.74, 6) is -0.0882. The molecule has 3 aromatic rings. The van der Waals surface area contributed by atoms with Crippen molar-refractivity contribution in [1.82, 2.24) is 14.1 Å². The number of hydrogen-bond acceptors (Lipinski definition) is 5. The molecule has 2 heterocycles. The fraction of sp³-hybridized carbons (Fsp3) is 0.158. The lowest BCUT2D eigenvalue weighted by Gasteiger charge is -2.10. The first kappa shape index (κ1) is 18.1.